The lowest BCUT2D eigenvalue weighted by Crippen LogP contribution is -2.37. The Balaban J connectivity index is 2.22. The molecule has 1 aromatic rings. The Morgan fingerprint density at radius 1 is 1.50 bits per heavy atom. The van der Waals surface area contributed by atoms with Crippen molar-refractivity contribution >= 4 is 40.3 Å². The van der Waals surface area contributed by atoms with Crippen LogP contribution in [0.5, 0.6) is 0 Å². The van der Waals surface area contributed by atoms with Crippen LogP contribution in [-0.4, -0.2) is 26.8 Å². The molecule has 0 aromatic carbocycles. The number of aromatic nitrogens is 1. The number of amides is 2. The maximum atomic E-state index is 11.7. The van der Waals surface area contributed by atoms with Crippen molar-refractivity contribution in [1.29, 1.82) is 0 Å². The molecule has 2 heterocycles. The van der Waals surface area contributed by atoms with E-state index >= 15 is 0 Å². The van der Waals surface area contributed by atoms with Gasteiger partial charge in [0, 0.05) is 12.2 Å². The van der Waals surface area contributed by atoms with Gasteiger partial charge in [-0.3, -0.25) is 14.5 Å². The average Bonchev–Trinajstić information content (AvgIpc) is 2.36. The van der Waals surface area contributed by atoms with Gasteiger partial charge in [-0.1, -0.05) is 23.4 Å². The third-order valence-corrected chi connectivity index (χ3v) is 3.66. The topological polar surface area (TPSA) is 88.3 Å². The van der Waals surface area contributed by atoms with Crippen molar-refractivity contribution < 1.29 is 9.59 Å². The molecule has 1 aromatic heterocycles. The molecule has 2 amide bonds. The number of nitrogens with one attached hydrogen (secondary N) is 1. The summed E-state index contributed by atoms with van der Waals surface area (Å²) in [5.74, 6) is 6.00. The van der Waals surface area contributed by atoms with Crippen LogP contribution >= 0.6 is 23.4 Å². The van der Waals surface area contributed by atoms with Gasteiger partial charge >= 0.3 is 0 Å². The van der Waals surface area contributed by atoms with Gasteiger partial charge < -0.3 is 5.43 Å². The number of pyridine rings is 1. The predicted octanol–water partition coefficient (Wildman–Crippen LogP) is 1.61. The molecular weight excluding hydrogens is 276 g/mol. The van der Waals surface area contributed by atoms with Crippen molar-refractivity contribution in [1.82, 2.24) is 9.88 Å². The third kappa shape index (κ3) is 2.74. The van der Waals surface area contributed by atoms with Gasteiger partial charge in [-0.2, -0.15) is 0 Å². The molecule has 0 aliphatic carbocycles. The number of hydrazine groups is 1. The van der Waals surface area contributed by atoms with E-state index in [-0.39, 0.29) is 17.7 Å². The van der Waals surface area contributed by atoms with Crippen LogP contribution in [0.15, 0.2) is 12.1 Å². The Morgan fingerprint density at radius 3 is 2.94 bits per heavy atom. The first-order valence-electron chi connectivity index (χ1n) is 5.21. The Hall–Kier alpha value is -1.31. The molecule has 18 heavy (non-hydrogen) atoms. The van der Waals surface area contributed by atoms with Crippen molar-refractivity contribution in [2.75, 3.05) is 11.2 Å². The number of thioether (sulfide) groups is 1. The number of rotatable bonds is 3. The number of imide groups is 1. The second kappa shape index (κ2) is 5.55. The maximum absolute atomic E-state index is 11.7. The van der Waals surface area contributed by atoms with Crippen molar-refractivity contribution in [3.8, 4) is 0 Å². The van der Waals surface area contributed by atoms with Crippen LogP contribution in [0.2, 0.25) is 5.02 Å². The summed E-state index contributed by atoms with van der Waals surface area (Å²) in [4.78, 5) is 28.6. The van der Waals surface area contributed by atoms with Crippen LogP contribution in [0.1, 0.15) is 12.1 Å². The first kappa shape index (κ1) is 13.1. The minimum atomic E-state index is -0.268. The van der Waals surface area contributed by atoms with E-state index in [0.29, 0.717) is 28.7 Å². The van der Waals surface area contributed by atoms with E-state index < -0.39 is 0 Å². The van der Waals surface area contributed by atoms with Gasteiger partial charge in [-0.25, -0.2) is 10.8 Å². The van der Waals surface area contributed by atoms with Crippen LogP contribution < -0.4 is 11.3 Å². The number of anilines is 1. The molecule has 0 unspecified atom stereocenters. The Labute approximate surface area is 113 Å². The smallest absolute Gasteiger partial charge is 0.288 e. The van der Waals surface area contributed by atoms with E-state index in [4.69, 9.17) is 17.4 Å². The van der Waals surface area contributed by atoms with Gasteiger partial charge in [0.25, 0.3) is 5.24 Å². The van der Waals surface area contributed by atoms with Gasteiger partial charge in [0.15, 0.2) is 0 Å². The fourth-order valence-corrected chi connectivity index (χ4v) is 2.46. The number of nitrogens with two attached hydrogens (primary N) is 1. The highest BCUT2D eigenvalue weighted by atomic mass is 35.5. The van der Waals surface area contributed by atoms with Gasteiger partial charge in [0.2, 0.25) is 5.91 Å². The van der Waals surface area contributed by atoms with E-state index in [2.05, 4.69) is 10.4 Å². The molecule has 1 saturated heterocycles. The van der Waals surface area contributed by atoms with E-state index in [0.717, 1.165) is 16.7 Å². The number of nitrogens with zero attached hydrogens (tertiary/aromatic N) is 2. The maximum Gasteiger partial charge on any atom is 0.288 e. The molecule has 0 spiro atoms. The molecule has 0 atom stereocenters. The molecule has 3 N–H and O–H groups in total. The quantitative estimate of drug-likeness (QED) is 0.648. The number of nitrogen functional groups attached to an aromatic ring is 1. The van der Waals surface area contributed by atoms with E-state index in [9.17, 15) is 9.59 Å². The number of hydrogen-bond acceptors (Lipinski definition) is 6. The number of hydrogen-bond donors (Lipinski definition) is 2. The van der Waals surface area contributed by atoms with Crippen LogP contribution in [-0.2, 0) is 11.3 Å². The van der Waals surface area contributed by atoms with Crippen LogP contribution in [0.4, 0.5) is 10.6 Å². The lowest BCUT2D eigenvalue weighted by atomic mass is 10.3. The van der Waals surface area contributed by atoms with Crippen LogP contribution in [0.3, 0.4) is 0 Å². The lowest BCUT2D eigenvalue weighted by molar-refractivity contribution is -0.128. The van der Waals surface area contributed by atoms with Crippen molar-refractivity contribution in [2.24, 2.45) is 5.84 Å². The Morgan fingerprint density at radius 2 is 2.28 bits per heavy atom. The highest BCUT2D eigenvalue weighted by Crippen LogP contribution is 2.23. The highest BCUT2D eigenvalue weighted by Gasteiger charge is 2.27. The average molecular weight is 287 g/mol. The normalized spacial score (nSPS) is 16.0. The summed E-state index contributed by atoms with van der Waals surface area (Å²) in [6.45, 7) is 0.0685. The molecule has 0 radical (unpaired) electrons. The van der Waals surface area contributed by atoms with Crippen molar-refractivity contribution in [3.63, 3.8) is 0 Å². The summed E-state index contributed by atoms with van der Waals surface area (Å²) in [5, 5.41) is 0.125. The highest BCUT2D eigenvalue weighted by molar-refractivity contribution is 8.13. The van der Waals surface area contributed by atoms with Crippen molar-refractivity contribution in [3.05, 3.63) is 22.8 Å². The summed E-state index contributed by atoms with van der Waals surface area (Å²) in [6.07, 6.45) is 0.350. The van der Waals surface area contributed by atoms with Crippen molar-refractivity contribution in [2.45, 2.75) is 13.0 Å². The van der Waals surface area contributed by atoms with Crippen LogP contribution in [0.25, 0.3) is 0 Å². The monoisotopic (exact) mass is 286 g/mol. The second-order valence-corrected chi connectivity index (χ2v) is 5.07. The summed E-state index contributed by atoms with van der Waals surface area (Å²) in [7, 11) is 0. The SMILES string of the molecule is NNc1ccc(Cl)c(CN2C(=O)CCSC2=O)n1. The number of carbonyl (C=O) groups excluding carboxylic acids is 2. The number of carbonyl (C=O) groups is 2. The molecule has 6 nitrogen and oxygen atoms in total. The molecule has 1 fully saturated rings. The summed E-state index contributed by atoms with van der Waals surface area (Å²) in [6, 6.07) is 3.23. The predicted molar refractivity (Wildman–Crippen MR) is 70.1 cm³/mol. The van der Waals surface area contributed by atoms with E-state index in [1.165, 1.54) is 0 Å². The van der Waals surface area contributed by atoms with Gasteiger partial charge in [0.05, 0.1) is 17.3 Å². The fraction of sp³-hybridized carbons (Fsp3) is 0.300. The molecule has 96 valence electrons. The first-order valence-corrected chi connectivity index (χ1v) is 6.57. The minimum Gasteiger partial charge on any atom is -0.308 e. The Kier molecular flexibility index (Phi) is 4.05. The second-order valence-electron chi connectivity index (χ2n) is 3.61. The fourth-order valence-electron chi connectivity index (χ4n) is 1.52. The van der Waals surface area contributed by atoms with Gasteiger partial charge in [-0.05, 0) is 12.1 Å². The first-order chi connectivity index (χ1) is 8.61. The van der Waals surface area contributed by atoms with E-state index in [1.807, 2.05) is 0 Å². The molecule has 1 aliphatic heterocycles. The largest absolute Gasteiger partial charge is 0.308 e. The summed E-state index contributed by atoms with van der Waals surface area (Å²) in [5.41, 5.74) is 2.83. The Bertz CT molecular complexity index is 481. The zero-order valence-corrected chi connectivity index (χ0v) is 10.9. The van der Waals surface area contributed by atoms with E-state index in [1.54, 1.807) is 12.1 Å². The molecule has 2 rings (SSSR count). The molecule has 0 saturated carbocycles. The lowest BCUT2D eigenvalue weighted by Gasteiger charge is -2.24. The zero-order chi connectivity index (χ0) is 13.1. The molecule has 8 heteroatoms. The zero-order valence-electron chi connectivity index (χ0n) is 9.35. The summed E-state index contributed by atoms with van der Waals surface area (Å²) >= 11 is 7.10. The third-order valence-electron chi connectivity index (χ3n) is 2.44. The summed E-state index contributed by atoms with van der Waals surface area (Å²) < 4.78 is 0. The number of halogens is 1. The van der Waals surface area contributed by atoms with Crippen LogP contribution in [0, 0.1) is 0 Å². The molecule has 1 aliphatic rings. The molecular formula is C10H11ClN4O2S. The van der Waals surface area contributed by atoms with Gasteiger partial charge in [0.1, 0.15) is 5.82 Å². The standard InChI is InChI=1S/C10H11ClN4O2S/c11-6-1-2-8(14-12)13-7(6)5-15-9(16)3-4-18-10(15)17/h1-2H,3-5,12H2,(H,13,14). The van der Waals surface area contributed by atoms with Gasteiger partial charge in [-0.15, -0.1) is 0 Å². The minimum absolute atomic E-state index is 0.0685. The molecule has 0 bridgehead atoms.